The molecule has 0 aliphatic heterocycles. The van der Waals surface area contributed by atoms with Gasteiger partial charge in [-0.15, -0.1) is 0 Å². The fourth-order valence-electron chi connectivity index (χ4n) is 2.35. The van der Waals surface area contributed by atoms with Crippen LogP contribution in [0.3, 0.4) is 0 Å². The van der Waals surface area contributed by atoms with E-state index in [1.54, 1.807) is 0 Å². The highest BCUT2D eigenvalue weighted by Gasteiger charge is 2.27. The molecule has 2 rings (SSSR count). The summed E-state index contributed by atoms with van der Waals surface area (Å²) in [5.41, 5.74) is 2.17. The molecule has 6 heteroatoms. The summed E-state index contributed by atoms with van der Waals surface area (Å²) in [5.74, 6) is 0.892. The number of phenols is 1. The maximum atomic E-state index is 10.7. The molecule has 1 heterocycles. The lowest BCUT2D eigenvalue weighted by molar-refractivity contribution is 0.423. The Bertz CT molecular complexity index is 725. The smallest absolute Gasteiger partial charge is 0.216 e. The van der Waals surface area contributed by atoms with E-state index in [0.717, 1.165) is 28.2 Å². The van der Waals surface area contributed by atoms with E-state index in [0.29, 0.717) is 16.7 Å². The van der Waals surface area contributed by atoms with Gasteiger partial charge in [0, 0.05) is 28.2 Å². The predicted molar refractivity (Wildman–Crippen MR) is 93.6 cm³/mol. The van der Waals surface area contributed by atoms with Crippen molar-refractivity contribution in [2.75, 3.05) is 5.32 Å². The monoisotopic (exact) mass is 330 g/mol. The van der Waals surface area contributed by atoms with Crippen LogP contribution < -0.4 is 5.32 Å². The average Bonchev–Trinajstić information content (AvgIpc) is 2.85. The fourth-order valence-corrected chi connectivity index (χ4v) is 2.88. The van der Waals surface area contributed by atoms with Gasteiger partial charge in [0.25, 0.3) is 0 Å². The average molecular weight is 330 g/mol. The number of aromatic hydroxyl groups is 1. The van der Waals surface area contributed by atoms with Crippen molar-refractivity contribution in [2.45, 2.75) is 52.4 Å². The zero-order valence-corrected chi connectivity index (χ0v) is 15.2. The van der Waals surface area contributed by atoms with Gasteiger partial charge in [0.15, 0.2) is 12.0 Å². The Balaban J connectivity index is 2.66. The number of nitrogens with zero attached hydrogens (tertiary/aromatic N) is 3. The highest BCUT2D eigenvalue weighted by atomic mass is 32.1. The van der Waals surface area contributed by atoms with Crippen molar-refractivity contribution in [1.29, 1.82) is 5.26 Å². The number of nitrogens with one attached hydrogen (secondary N) is 1. The molecule has 0 spiro atoms. The minimum absolute atomic E-state index is 0.205. The molecular weight excluding hydrogens is 308 g/mol. The number of hydrogen-bond acceptors (Lipinski definition) is 6. The Morgan fingerprint density at radius 3 is 2.04 bits per heavy atom. The van der Waals surface area contributed by atoms with E-state index in [1.807, 2.05) is 18.3 Å². The maximum absolute atomic E-state index is 10.7. The minimum Gasteiger partial charge on any atom is -0.507 e. The van der Waals surface area contributed by atoms with E-state index in [2.05, 4.69) is 56.2 Å². The highest BCUT2D eigenvalue weighted by Crippen LogP contribution is 2.41. The summed E-state index contributed by atoms with van der Waals surface area (Å²) in [7, 11) is 0. The van der Waals surface area contributed by atoms with Crippen molar-refractivity contribution in [2.24, 2.45) is 0 Å². The van der Waals surface area contributed by atoms with Crippen molar-refractivity contribution in [1.82, 2.24) is 9.36 Å². The van der Waals surface area contributed by atoms with Gasteiger partial charge in [0.1, 0.15) is 5.75 Å². The molecule has 0 saturated carbocycles. The second kappa shape index (κ2) is 5.82. The van der Waals surface area contributed by atoms with Crippen LogP contribution in [0.5, 0.6) is 5.75 Å². The van der Waals surface area contributed by atoms with Crippen molar-refractivity contribution in [3.8, 4) is 23.3 Å². The first-order chi connectivity index (χ1) is 10.5. The van der Waals surface area contributed by atoms with Crippen LogP contribution in [0.4, 0.5) is 5.13 Å². The van der Waals surface area contributed by atoms with E-state index in [9.17, 15) is 5.11 Å². The van der Waals surface area contributed by atoms with Crippen LogP contribution in [0.15, 0.2) is 12.1 Å². The summed E-state index contributed by atoms with van der Waals surface area (Å²) in [6.07, 6.45) is 1.85. The van der Waals surface area contributed by atoms with Crippen molar-refractivity contribution in [3.63, 3.8) is 0 Å². The molecule has 5 nitrogen and oxygen atoms in total. The maximum Gasteiger partial charge on any atom is 0.216 e. The lowest BCUT2D eigenvalue weighted by Gasteiger charge is -2.27. The number of nitriles is 1. The first-order valence-corrected chi connectivity index (χ1v) is 8.18. The molecular formula is C17H22N4OS. The SMILES string of the molecule is CC(C)(C)c1cc(-c2nsc(NC#N)n2)cc(C(C)(C)C)c1O. The van der Waals surface area contributed by atoms with Crippen LogP contribution in [0.25, 0.3) is 11.4 Å². The Labute approximate surface area is 141 Å². The summed E-state index contributed by atoms with van der Waals surface area (Å²) in [5, 5.41) is 22.4. The molecule has 0 unspecified atom stereocenters. The standard InChI is InChI=1S/C17H22N4OS/c1-16(2,3)11-7-10(8-12(13(11)22)17(4,5)6)14-20-15(19-9-18)23-21-14/h7-8,22H,1-6H3,(H,19,20,21). The van der Waals surface area contributed by atoms with Crippen LogP contribution in [0.2, 0.25) is 0 Å². The number of hydrogen-bond donors (Lipinski definition) is 2. The molecule has 0 atom stereocenters. The number of rotatable bonds is 2. The molecule has 2 aromatic rings. The molecule has 122 valence electrons. The van der Waals surface area contributed by atoms with Gasteiger partial charge in [-0.1, -0.05) is 41.5 Å². The predicted octanol–water partition coefficient (Wildman–Crippen LogP) is 4.40. The molecule has 23 heavy (non-hydrogen) atoms. The quantitative estimate of drug-likeness (QED) is 0.630. The summed E-state index contributed by atoms with van der Waals surface area (Å²) < 4.78 is 4.32. The molecule has 0 amide bonds. The second-order valence-corrected chi connectivity index (χ2v) is 8.33. The van der Waals surface area contributed by atoms with Crippen molar-refractivity contribution >= 4 is 16.7 Å². The van der Waals surface area contributed by atoms with Gasteiger partial charge in [-0.25, -0.2) is 0 Å². The van der Waals surface area contributed by atoms with Crippen molar-refractivity contribution in [3.05, 3.63) is 23.3 Å². The molecule has 2 N–H and O–H groups in total. The summed E-state index contributed by atoms with van der Waals surface area (Å²) in [6, 6.07) is 3.87. The minimum atomic E-state index is -0.205. The summed E-state index contributed by atoms with van der Waals surface area (Å²) >= 11 is 1.14. The number of aromatic nitrogens is 2. The summed E-state index contributed by atoms with van der Waals surface area (Å²) in [6.45, 7) is 12.4. The molecule has 0 fully saturated rings. The fraction of sp³-hybridized carbons (Fsp3) is 0.471. The zero-order chi connectivity index (χ0) is 17.4. The van der Waals surface area contributed by atoms with Gasteiger partial charge in [-0.3, -0.25) is 5.32 Å². The first kappa shape index (κ1) is 17.2. The Morgan fingerprint density at radius 1 is 1.09 bits per heavy atom. The van der Waals surface area contributed by atoms with Gasteiger partial charge >= 0.3 is 0 Å². The molecule has 0 radical (unpaired) electrons. The first-order valence-electron chi connectivity index (χ1n) is 7.41. The lowest BCUT2D eigenvalue weighted by atomic mass is 9.78. The number of benzene rings is 1. The van der Waals surface area contributed by atoms with Gasteiger partial charge in [-0.2, -0.15) is 14.6 Å². The molecule has 0 aliphatic carbocycles. The number of phenolic OH excluding ortho intramolecular Hbond substituents is 1. The third-order valence-corrected chi connectivity index (χ3v) is 4.20. The zero-order valence-electron chi connectivity index (χ0n) is 14.4. The molecule has 0 bridgehead atoms. The van der Waals surface area contributed by atoms with Crippen LogP contribution in [0, 0.1) is 11.5 Å². The normalized spacial score (nSPS) is 12.0. The van der Waals surface area contributed by atoms with E-state index in [-0.39, 0.29) is 10.8 Å². The Morgan fingerprint density at radius 2 is 1.61 bits per heavy atom. The van der Waals surface area contributed by atoms with Gasteiger partial charge in [0.05, 0.1) is 0 Å². The Hall–Kier alpha value is -2.13. The van der Waals surface area contributed by atoms with E-state index < -0.39 is 0 Å². The largest absolute Gasteiger partial charge is 0.507 e. The van der Waals surface area contributed by atoms with E-state index in [1.165, 1.54) is 0 Å². The van der Waals surface area contributed by atoms with Gasteiger partial charge < -0.3 is 5.11 Å². The summed E-state index contributed by atoms with van der Waals surface area (Å²) in [4.78, 5) is 4.34. The van der Waals surface area contributed by atoms with Crippen LogP contribution in [-0.2, 0) is 10.8 Å². The second-order valence-electron chi connectivity index (χ2n) is 7.58. The van der Waals surface area contributed by atoms with Crippen LogP contribution in [-0.4, -0.2) is 14.5 Å². The van der Waals surface area contributed by atoms with Crippen LogP contribution in [0.1, 0.15) is 52.7 Å². The van der Waals surface area contributed by atoms with Crippen LogP contribution >= 0.6 is 11.5 Å². The van der Waals surface area contributed by atoms with Crippen molar-refractivity contribution < 1.29 is 5.11 Å². The third kappa shape index (κ3) is 3.62. The molecule has 1 aromatic heterocycles. The lowest BCUT2D eigenvalue weighted by Crippen LogP contribution is -2.17. The topological polar surface area (TPSA) is 81.8 Å². The number of anilines is 1. The highest BCUT2D eigenvalue weighted by molar-refractivity contribution is 7.09. The van der Waals surface area contributed by atoms with E-state index >= 15 is 0 Å². The molecule has 0 saturated heterocycles. The Kier molecular flexibility index (Phi) is 4.36. The molecule has 1 aromatic carbocycles. The van der Waals surface area contributed by atoms with Gasteiger partial charge in [0.2, 0.25) is 5.13 Å². The third-order valence-electron chi connectivity index (χ3n) is 3.57. The molecule has 0 aliphatic rings. The van der Waals surface area contributed by atoms with E-state index in [4.69, 9.17) is 5.26 Å². The van der Waals surface area contributed by atoms with Gasteiger partial charge in [-0.05, 0) is 23.0 Å².